The van der Waals surface area contributed by atoms with Gasteiger partial charge in [-0.1, -0.05) is 23.9 Å². The molecular formula is C18H23N3O2S. The zero-order chi connectivity index (χ0) is 16.5. The van der Waals surface area contributed by atoms with Crippen LogP contribution in [0.5, 0.6) is 0 Å². The number of rotatable bonds is 4. The maximum atomic E-state index is 12.9. The van der Waals surface area contributed by atoms with E-state index in [1.165, 1.54) is 0 Å². The second-order valence-electron chi connectivity index (χ2n) is 6.40. The van der Waals surface area contributed by atoms with Crippen LogP contribution in [0, 0.1) is 0 Å². The predicted molar refractivity (Wildman–Crippen MR) is 95.2 cm³/mol. The molecule has 0 N–H and O–H groups in total. The number of hydrogen-bond donors (Lipinski definition) is 0. The van der Waals surface area contributed by atoms with Crippen LogP contribution in [0.4, 0.5) is 0 Å². The fourth-order valence-electron chi connectivity index (χ4n) is 3.72. The monoisotopic (exact) mass is 345 g/mol. The van der Waals surface area contributed by atoms with Gasteiger partial charge in [-0.2, -0.15) is 0 Å². The highest BCUT2D eigenvalue weighted by Crippen LogP contribution is 2.34. The number of hydrogen-bond acceptors (Lipinski definition) is 4. The fraction of sp³-hybridized carbons (Fsp3) is 0.556. The number of imidazole rings is 1. The topological polar surface area (TPSA) is 47.4 Å². The van der Waals surface area contributed by atoms with E-state index in [0.717, 1.165) is 61.8 Å². The minimum atomic E-state index is -0.00467. The SMILES string of the molecule is CCn1c(S[C@@H]2CCN(C3CCOCC3)C2=O)nc2ccccc21. The number of amides is 1. The Balaban J connectivity index is 1.52. The largest absolute Gasteiger partial charge is 0.381 e. The summed E-state index contributed by atoms with van der Waals surface area (Å²) in [5.74, 6) is 0.279. The van der Waals surface area contributed by atoms with Gasteiger partial charge in [-0.15, -0.1) is 0 Å². The molecule has 2 aliphatic heterocycles. The number of carbonyl (C=O) groups excluding carboxylic acids is 1. The van der Waals surface area contributed by atoms with Crippen LogP contribution in [0.3, 0.4) is 0 Å². The van der Waals surface area contributed by atoms with Crippen LogP contribution in [-0.2, 0) is 16.1 Å². The maximum Gasteiger partial charge on any atom is 0.236 e. The van der Waals surface area contributed by atoms with Gasteiger partial charge in [0.25, 0.3) is 0 Å². The average Bonchev–Trinajstić information content (AvgIpc) is 3.16. The zero-order valence-electron chi connectivity index (χ0n) is 14.0. The Labute approximate surface area is 146 Å². The Morgan fingerprint density at radius 3 is 2.83 bits per heavy atom. The number of ether oxygens (including phenoxy) is 1. The van der Waals surface area contributed by atoms with E-state index >= 15 is 0 Å². The van der Waals surface area contributed by atoms with Gasteiger partial charge in [0.1, 0.15) is 0 Å². The van der Waals surface area contributed by atoms with Gasteiger partial charge in [-0.25, -0.2) is 4.98 Å². The van der Waals surface area contributed by atoms with Crippen molar-refractivity contribution >= 4 is 28.7 Å². The molecule has 6 heteroatoms. The molecule has 2 fully saturated rings. The average molecular weight is 345 g/mol. The highest BCUT2D eigenvalue weighted by atomic mass is 32.2. The molecule has 24 heavy (non-hydrogen) atoms. The summed E-state index contributed by atoms with van der Waals surface area (Å²) in [5.41, 5.74) is 2.16. The molecule has 1 amide bonds. The summed E-state index contributed by atoms with van der Waals surface area (Å²) in [4.78, 5) is 19.7. The van der Waals surface area contributed by atoms with E-state index in [2.05, 4.69) is 22.5 Å². The number of fused-ring (bicyclic) bond motifs is 1. The maximum absolute atomic E-state index is 12.9. The lowest BCUT2D eigenvalue weighted by Crippen LogP contribution is -2.41. The lowest BCUT2D eigenvalue weighted by Gasteiger charge is -2.31. The van der Waals surface area contributed by atoms with Gasteiger partial charge in [0, 0.05) is 32.3 Å². The van der Waals surface area contributed by atoms with Crippen molar-refractivity contribution in [2.24, 2.45) is 0 Å². The van der Waals surface area contributed by atoms with Gasteiger partial charge in [-0.05, 0) is 38.3 Å². The third-order valence-corrected chi connectivity index (χ3v) is 6.25. The van der Waals surface area contributed by atoms with Crippen molar-refractivity contribution in [1.29, 1.82) is 0 Å². The molecule has 2 aliphatic rings. The van der Waals surface area contributed by atoms with Crippen LogP contribution in [0.1, 0.15) is 26.2 Å². The second kappa shape index (κ2) is 6.76. The van der Waals surface area contributed by atoms with E-state index in [9.17, 15) is 4.79 Å². The Kier molecular flexibility index (Phi) is 4.50. The molecule has 5 nitrogen and oxygen atoms in total. The molecule has 0 unspecified atom stereocenters. The number of para-hydroxylation sites is 2. The first kappa shape index (κ1) is 16.0. The van der Waals surface area contributed by atoms with Crippen LogP contribution in [0.15, 0.2) is 29.4 Å². The van der Waals surface area contributed by atoms with Crippen LogP contribution < -0.4 is 0 Å². The molecule has 0 radical (unpaired) electrons. The lowest BCUT2D eigenvalue weighted by molar-refractivity contribution is -0.130. The molecule has 1 aromatic carbocycles. The van der Waals surface area contributed by atoms with Crippen molar-refractivity contribution < 1.29 is 9.53 Å². The third kappa shape index (κ3) is 2.82. The Bertz CT molecular complexity index is 739. The van der Waals surface area contributed by atoms with E-state index in [-0.39, 0.29) is 11.2 Å². The predicted octanol–water partition coefficient (Wildman–Crippen LogP) is 2.93. The van der Waals surface area contributed by atoms with E-state index in [4.69, 9.17) is 9.72 Å². The second-order valence-corrected chi connectivity index (χ2v) is 7.57. The van der Waals surface area contributed by atoms with Crippen molar-refractivity contribution in [3.05, 3.63) is 24.3 Å². The highest BCUT2D eigenvalue weighted by Gasteiger charge is 2.37. The first-order valence-corrected chi connectivity index (χ1v) is 9.66. The quantitative estimate of drug-likeness (QED) is 0.855. The highest BCUT2D eigenvalue weighted by molar-refractivity contribution is 8.00. The van der Waals surface area contributed by atoms with Crippen LogP contribution in [-0.4, -0.2) is 51.4 Å². The zero-order valence-corrected chi connectivity index (χ0v) is 14.8. The van der Waals surface area contributed by atoms with Gasteiger partial charge in [0.05, 0.1) is 16.3 Å². The summed E-state index contributed by atoms with van der Waals surface area (Å²) in [6, 6.07) is 8.55. The molecular weight excluding hydrogens is 322 g/mol. The van der Waals surface area contributed by atoms with Crippen molar-refractivity contribution in [3.63, 3.8) is 0 Å². The number of aryl methyl sites for hydroxylation is 1. The summed E-state index contributed by atoms with van der Waals surface area (Å²) < 4.78 is 7.64. The molecule has 0 bridgehead atoms. The Hall–Kier alpha value is -1.53. The molecule has 3 heterocycles. The van der Waals surface area contributed by atoms with E-state index < -0.39 is 0 Å². The van der Waals surface area contributed by atoms with Crippen molar-refractivity contribution in [2.45, 2.75) is 49.2 Å². The molecule has 4 rings (SSSR count). The number of nitrogens with zero attached hydrogens (tertiary/aromatic N) is 3. The van der Waals surface area contributed by atoms with Crippen molar-refractivity contribution in [2.75, 3.05) is 19.8 Å². The number of thioether (sulfide) groups is 1. The molecule has 2 saturated heterocycles. The van der Waals surface area contributed by atoms with Gasteiger partial charge in [0.15, 0.2) is 5.16 Å². The van der Waals surface area contributed by atoms with Crippen molar-refractivity contribution in [3.8, 4) is 0 Å². The Morgan fingerprint density at radius 2 is 2.04 bits per heavy atom. The molecule has 1 aromatic heterocycles. The summed E-state index contributed by atoms with van der Waals surface area (Å²) in [7, 11) is 0. The fourth-order valence-corrected chi connectivity index (χ4v) is 4.94. The number of aromatic nitrogens is 2. The summed E-state index contributed by atoms with van der Waals surface area (Å²) in [6.07, 6.45) is 2.85. The molecule has 1 atom stereocenters. The smallest absolute Gasteiger partial charge is 0.236 e. The van der Waals surface area contributed by atoms with E-state index in [1.54, 1.807) is 11.8 Å². The number of benzene rings is 1. The standard InChI is InChI=1S/C18H23N3O2S/c1-2-20-15-6-4-3-5-14(15)19-18(20)24-16-7-10-21(17(16)22)13-8-11-23-12-9-13/h3-6,13,16H,2,7-12H2,1H3/t16-/m1/s1. The minimum absolute atomic E-state index is 0.00467. The Morgan fingerprint density at radius 1 is 1.25 bits per heavy atom. The number of likely N-dealkylation sites (tertiary alicyclic amines) is 1. The number of carbonyl (C=O) groups is 1. The first-order chi connectivity index (χ1) is 11.8. The lowest BCUT2D eigenvalue weighted by atomic mass is 10.1. The molecule has 2 aromatic rings. The van der Waals surface area contributed by atoms with Gasteiger partial charge >= 0.3 is 0 Å². The van der Waals surface area contributed by atoms with E-state index in [0.29, 0.717) is 6.04 Å². The van der Waals surface area contributed by atoms with Crippen molar-refractivity contribution in [1.82, 2.24) is 14.5 Å². The molecule has 0 saturated carbocycles. The molecule has 0 spiro atoms. The van der Waals surface area contributed by atoms with Crippen LogP contribution >= 0.6 is 11.8 Å². The van der Waals surface area contributed by atoms with Gasteiger partial charge < -0.3 is 14.2 Å². The molecule has 128 valence electrons. The summed E-state index contributed by atoms with van der Waals surface area (Å²) in [6.45, 7) is 5.42. The van der Waals surface area contributed by atoms with Crippen LogP contribution in [0.2, 0.25) is 0 Å². The normalized spacial score (nSPS) is 22.6. The first-order valence-electron chi connectivity index (χ1n) is 8.78. The van der Waals surface area contributed by atoms with Gasteiger partial charge in [0.2, 0.25) is 5.91 Å². The van der Waals surface area contributed by atoms with Crippen LogP contribution in [0.25, 0.3) is 11.0 Å². The summed E-state index contributed by atoms with van der Waals surface area (Å²) >= 11 is 1.63. The van der Waals surface area contributed by atoms with E-state index in [1.807, 2.05) is 18.2 Å². The minimum Gasteiger partial charge on any atom is -0.381 e. The summed E-state index contributed by atoms with van der Waals surface area (Å²) in [5, 5.41) is 0.959. The molecule has 0 aliphatic carbocycles. The van der Waals surface area contributed by atoms with Gasteiger partial charge in [-0.3, -0.25) is 4.79 Å². The third-order valence-electron chi connectivity index (χ3n) is 5.01.